The lowest BCUT2D eigenvalue weighted by Gasteiger charge is -2.24. The molecule has 1 atom stereocenters. The fraction of sp³-hybridized carbons (Fsp3) is 0.312. The van der Waals surface area contributed by atoms with Gasteiger partial charge in [0, 0.05) is 23.9 Å². The number of nitrogens with zero attached hydrogens (tertiary/aromatic N) is 3. The molecule has 21 heavy (non-hydrogen) atoms. The molecule has 1 aliphatic heterocycles. The number of benzene rings is 1. The maximum atomic E-state index is 12.0. The van der Waals surface area contributed by atoms with Crippen molar-refractivity contribution in [1.82, 2.24) is 9.78 Å². The van der Waals surface area contributed by atoms with E-state index in [1.54, 1.807) is 12.1 Å². The second-order valence-electron chi connectivity index (χ2n) is 5.53. The first-order valence-corrected chi connectivity index (χ1v) is 6.97. The molecule has 1 aliphatic rings. The molecule has 5 nitrogen and oxygen atoms in total. The summed E-state index contributed by atoms with van der Waals surface area (Å²) in [4.78, 5) is 12.0. The van der Waals surface area contributed by atoms with Crippen molar-refractivity contribution in [3.8, 4) is 6.07 Å². The van der Waals surface area contributed by atoms with E-state index in [1.807, 2.05) is 36.9 Å². The van der Waals surface area contributed by atoms with Gasteiger partial charge in [0.2, 0.25) is 5.91 Å². The van der Waals surface area contributed by atoms with Gasteiger partial charge >= 0.3 is 0 Å². The number of nitrogens with one attached hydrogen (secondary N) is 1. The smallest absolute Gasteiger partial charge is 0.226 e. The molecule has 1 aromatic heterocycles. The number of carbonyl (C=O) groups excluding carboxylic acids is 1. The first-order chi connectivity index (χ1) is 10.1. The molecular weight excluding hydrogens is 264 g/mol. The minimum absolute atomic E-state index is 0.000685. The van der Waals surface area contributed by atoms with Gasteiger partial charge in [-0.3, -0.25) is 4.79 Å². The van der Waals surface area contributed by atoms with Crippen molar-refractivity contribution in [3.05, 3.63) is 47.2 Å². The summed E-state index contributed by atoms with van der Waals surface area (Å²) in [5.74, 6) is 0.781. The van der Waals surface area contributed by atoms with E-state index in [-0.39, 0.29) is 17.9 Å². The topological polar surface area (TPSA) is 70.7 Å². The number of fused-ring (bicyclic) bond motifs is 1. The summed E-state index contributed by atoms with van der Waals surface area (Å²) in [6.45, 7) is 4.07. The van der Waals surface area contributed by atoms with E-state index >= 15 is 0 Å². The summed E-state index contributed by atoms with van der Waals surface area (Å²) in [6.07, 6.45) is 2.24. The van der Waals surface area contributed by atoms with Crippen molar-refractivity contribution in [1.29, 1.82) is 5.26 Å². The third-order valence-electron chi connectivity index (χ3n) is 3.78. The van der Waals surface area contributed by atoms with Gasteiger partial charge in [-0.25, -0.2) is 4.68 Å². The lowest BCUT2D eigenvalue weighted by Crippen LogP contribution is -2.25. The number of amides is 1. The number of carbonyl (C=O) groups is 1. The van der Waals surface area contributed by atoms with Crippen LogP contribution in [0.5, 0.6) is 0 Å². The Morgan fingerprint density at radius 2 is 2.10 bits per heavy atom. The maximum Gasteiger partial charge on any atom is 0.226 e. The quantitative estimate of drug-likeness (QED) is 0.919. The summed E-state index contributed by atoms with van der Waals surface area (Å²) in [6, 6.07) is 9.70. The summed E-state index contributed by atoms with van der Waals surface area (Å²) < 4.78 is 1.84. The van der Waals surface area contributed by atoms with Crippen LogP contribution in [0.3, 0.4) is 0 Å². The molecule has 1 N–H and O–H groups in total. The zero-order chi connectivity index (χ0) is 15.0. The number of hydrogen-bond donors (Lipinski definition) is 1. The van der Waals surface area contributed by atoms with E-state index in [1.165, 1.54) is 0 Å². The van der Waals surface area contributed by atoms with Gasteiger partial charge < -0.3 is 5.32 Å². The van der Waals surface area contributed by atoms with Crippen LogP contribution in [0, 0.1) is 11.3 Å². The Morgan fingerprint density at radius 3 is 2.71 bits per heavy atom. The van der Waals surface area contributed by atoms with Gasteiger partial charge in [0.25, 0.3) is 0 Å². The maximum absolute atomic E-state index is 12.0. The Labute approximate surface area is 123 Å². The van der Waals surface area contributed by atoms with Crippen molar-refractivity contribution < 1.29 is 4.79 Å². The molecule has 2 heterocycles. The van der Waals surface area contributed by atoms with E-state index < -0.39 is 0 Å². The average molecular weight is 280 g/mol. The Morgan fingerprint density at radius 1 is 1.38 bits per heavy atom. The predicted octanol–water partition coefficient (Wildman–Crippen LogP) is 2.81. The fourth-order valence-corrected chi connectivity index (χ4v) is 2.72. The van der Waals surface area contributed by atoms with Crippen molar-refractivity contribution in [3.63, 3.8) is 0 Å². The van der Waals surface area contributed by atoms with E-state index in [0.29, 0.717) is 12.0 Å². The Bertz CT molecular complexity index is 722. The third-order valence-corrected chi connectivity index (χ3v) is 3.78. The number of hydrogen-bond acceptors (Lipinski definition) is 3. The highest BCUT2D eigenvalue weighted by molar-refractivity contribution is 5.94. The van der Waals surface area contributed by atoms with Crippen molar-refractivity contribution >= 4 is 11.7 Å². The average Bonchev–Trinajstić information content (AvgIpc) is 2.90. The van der Waals surface area contributed by atoms with Gasteiger partial charge in [-0.15, -0.1) is 0 Å². The lowest BCUT2D eigenvalue weighted by atomic mass is 9.87. The van der Waals surface area contributed by atoms with Gasteiger partial charge in [0.1, 0.15) is 5.82 Å². The van der Waals surface area contributed by atoms with Gasteiger partial charge in [0.15, 0.2) is 0 Å². The van der Waals surface area contributed by atoms with Crippen LogP contribution in [0.2, 0.25) is 0 Å². The zero-order valence-corrected chi connectivity index (χ0v) is 12.0. The highest BCUT2D eigenvalue weighted by Gasteiger charge is 2.30. The predicted molar refractivity (Wildman–Crippen MR) is 78.9 cm³/mol. The van der Waals surface area contributed by atoms with Gasteiger partial charge in [-0.05, 0) is 31.5 Å². The van der Waals surface area contributed by atoms with Crippen molar-refractivity contribution in [2.24, 2.45) is 0 Å². The molecule has 106 valence electrons. The normalized spacial score (nSPS) is 17.2. The van der Waals surface area contributed by atoms with Gasteiger partial charge in [-0.2, -0.15) is 10.4 Å². The second-order valence-corrected chi connectivity index (χ2v) is 5.53. The molecule has 2 aromatic rings. The van der Waals surface area contributed by atoms with Crippen LogP contribution >= 0.6 is 0 Å². The van der Waals surface area contributed by atoms with Gasteiger partial charge in [-0.1, -0.05) is 12.1 Å². The summed E-state index contributed by atoms with van der Waals surface area (Å²) in [7, 11) is 0. The summed E-state index contributed by atoms with van der Waals surface area (Å²) >= 11 is 0. The Hall–Kier alpha value is -2.61. The molecule has 0 spiro atoms. The van der Waals surface area contributed by atoms with Gasteiger partial charge in [0.05, 0.1) is 17.8 Å². The molecule has 5 heteroatoms. The molecular formula is C16H16N4O. The van der Waals surface area contributed by atoms with Crippen LogP contribution in [0.4, 0.5) is 5.82 Å². The molecule has 1 aromatic carbocycles. The van der Waals surface area contributed by atoms with Crippen LogP contribution in [0.15, 0.2) is 30.5 Å². The molecule has 0 aliphatic carbocycles. The van der Waals surface area contributed by atoms with Crippen molar-refractivity contribution in [2.75, 3.05) is 5.32 Å². The van der Waals surface area contributed by atoms with E-state index in [4.69, 9.17) is 5.26 Å². The molecule has 0 saturated heterocycles. The molecule has 3 rings (SSSR count). The second kappa shape index (κ2) is 5.06. The van der Waals surface area contributed by atoms with Crippen LogP contribution in [0.25, 0.3) is 0 Å². The first kappa shape index (κ1) is 13.4. The SMILES string of the molecule is CC(C)n1ncc2c1NC(=O)CC2c1ccc(C#N)cc1. The van der Waals surface area contributed by atoms with E-state index in [9.17, 15) is 4.79 Å². The Balaban J connectivity index is 2.05. The molecule has 0 radical (unpaired) electrons. The molecule has 0 bridgehead atoms. The van der Waals surface area contributed by atoms with Crippen LogP contribution in [0.1, 0.15) is 48.9 Å². The fourth-order valence-electron chi connectivity index (χ4n) is 2.72. The molecule has 0 fully saturated rings. The van der Waals surface area contributed by atoms with Crippen LogP contribution < -0.4 is 5.32 Å². The Kier molecular flexibility index (Phi) is 3.22. The van der Waals surface area contributed by atoms with Crippen LogP contribution in [-0.2, 0) is 4.79 Å². The monoisotopic (exact) mass is 280 g/mol. The van der Waals surface area contributed by atoms with Crippen LogP contribution in [-0.4, -0.2) is 15.7 Å². The summed E-state index contributed by atoms with van der Waals surface area (Å²) in [5, 5.41) is 16.2. The number of anilines is 1. The lowest BCUT2D eigenvalue weighted by molar-refractivity contribution is -0.116. The number of aromatic nitrogens is 2. The van der Waals surface area contributed by atoms with E-state index in [2.05, 4.69) is 16.5 Å². The molecule has 0 saturated carbocycles. The summed E-state index contributed by atoms with van der Waals surface area (Å²) in [5.41, 5.74) is 2.69. The number of rotatable bonds is 2. The third kappa shape index (κ3) is 2.29. The highest BCUT2D eigenvalue weighted by atomic mass is 16.1. The van der Waals surface area contributed by atoms with Crippen molar-refractivity contribution in [2.45, 2.75) is 32.2 Å². The number of nitriles is 1. The minimum atomic E-state index is -0.00556. The molecule has 1 unspecified atom stereocenters. The van der Waals surface area contributed by atoms with E-state index in [0.717, 1.165) is 16.9 Å². The largest absolute Gasteiger partial charge is 0.311 e. The standard InChI is InChI=1S/C16H16N4O/c1-10(2)20-16-14(9-18-20)13(7-15(21)19-16)12-5-3-11(8-17)4-6-12/h3-6,9-10,13H,7H2,1-2H3,(H,19,21). The highest BCUT2D eigenvalue weighted by Crippen LogP contribution is 2.37. The minimum Gasteiger partial charge on any atom is -0.311 e. The molecule has 1 amide bonds. The zero-order valence-electron chi connectivity index (χ0n) is 12.0. The first-order valence-electron chi connectivity index (χ1n) is 6.97.